The second-order valence-corrected chi connectivity index (χ2v) is 4.43. The first-order chi connectivity index (χ1) is 7.79. The van der Waals surface area contributed by atoms with Gasteiger partial charge in [-0.1, -0.05) is 18.6 Å². The average molecular weight is 223 g/mol. The molecular formula is C13H18FNO. The maximum absolute atomic E-state index is 12.8. The Morgan fingerprint density at radius 1 is 1.25 bits per heavy atom. The van der Waals surface area contributed by atoms with Crippen LogP contribution in [0.3, 0.4) is 0 Å². The van der Waals surface area contributed by atoms with E-state index in [1.54, 1.807) is 0 Å². The lowest BCUT2D eigenvalue weighted by Gasteiger charge is -2.34. The van der Waals surface area contributed by atoms with Crippen molar-refractivity contribution in [2.45, 2.75) is 31.8 Å². The molecule has 0 saturated carbocycles. The van der Waals surface area contributed by atoms with Gasteiger partial charge in [0.2, 0.25) is 0 Å². The van der Waals surface area contributed by atoms with Gasteiger partial charge in [0.25, 0.3) is 0 Å². The van der Waals surface area contributed by atoms with Gasteiger partial charge in [-0.2, -0.15) is 0 Å². The highest BCUT2D eigenvalue weighted by Gasteiger charge is 2.21. The van der Waals surface area contributed by atoms with Crippen molar-refractivity contribution in [2.75, 3.05) is 13.2 Å². The van der Waals surface area contributed by atoms with Crippen molar-refractivity contribution in [1.29, 1.82) is 0 Å². The summed E-state index contributed by atoms with van der Waals surface area (Å²) in [6.45, 7) is 2.06. The average Bonchev–Trinajstić information content (AvgIpc) is 2.33. The minimum absolute atomic E-state index is 0.193. The number of piperidine rings is 1. The molecule has 1 saturated heterocycles. The van der Waals surface area contributed by atoms with E-state index in [4.69, 9.17) is 0 Å². The highest BCUT2D eigenvalue weighted by molar-refractivity contribution is 5.16. The molecule has 1 unspecified atom stereocenters. The van der Waals surface area contributed by atoms with E-state index in [-0.39, 0.29) is 18.5 Å². The lowest BCUT2D eigenvalue weighted by molar-refractivity contribution is 0.0841. The van der Waals surface area contributed by atoms with Crippen LogP contribution < -0.4 is 0 Å². The standard InChI is InChI=1S/C13H18FNO/c14-12-6-4-11(5-7-12)9-15-8-2-1-3-13(15)10-16/h4-7,13,16H,1-3,8-10H2. The number of hydrogen-bond acceptors (Lipinski definition) is 2. The molecule has 1 heterocycles. The SMILES string of the molecule is OCC1CCCCN1Cc1ccc(F)cc1. The van der Waals surface area contributed by atoms with Crippen LogP contribution >= 0.6 is 0 Å². The van der Waals surface area contributed by atoms with Crippen molar-refractivity contribution in [1.82, 2.24) is 4.90 Å². The number of nitrogens with zero attached hydrogens (tertiary/aromatic N) is 1. The zero-order valence-corrected chi connectivity index (χ0v) is 9.40. The fourth-order valence-corrected chi connectivity index (χ4v) is 2.30. The summed E-state index contributed by atoms with van der Waals surface area (Å²) in [5, 5.41) is 9.28. The smallest absolute Gasteiger partial charge is 0.123 e. The van der Waals surface area contributed by atoms with Gasteiger partial charge in [0.15, 0.2) is 0 Å². The molecule has 0 aromatic heterocycles. The molecule has 1 aliphatic rings. The molecular weight excluding hydrogens is 205 g/mol. The molecule has 1 aromatic carbocycles. The monoisotopic (exact) mass is 223 g/mol. The van der Waals surface area contributed by atoms with E-state index in [9.17, 15) is 9.50 Å². The van der Waals surface area contributed by atoms with E-state index < -0.39 is 0 Å². The van der Waals surface area contributed by atoms with Crippen LogP contribution in [0.2, 0.25) is 0 Å². The minimum Gasteiger partial charge on any atom is -0.395 e. The molecule has 1 atom stereocenters. The fourth-order valence-electron chi connectivity index (χ4n) is 2.30. The third-order valence-electron chi connectivity index (χ3n) is 3.26. The molecule has 0 spiro atoms. The molecule has 16 heavy (non-hydrogen) atoms. The molecule has 1 aliphatic heterocycles. The van der Waals surface area contributed by atoms with E-state index in [0.29, 0.717) is 0 Å². The molecule has 0 aliphatic carbocycles. The van der Waals surface area contributed by atoms with Gasteiger partial charge in [0.1, 0.15) is 5.82 Å². The van der Waals surface area contributed by atoms with E-state index >= 15 is 0 Å². The molecule has 0 radical (unpaired) electrons. The van der Waals surface area contributed by atoms with Gasteiger partial charge >= 0.3 is 0 Å². The summed E-state index contributed by atoms with van der Waals surface area (Å²) in [7, 11) is 0. The molecule has 2 nitrogen and oxygen atoms in total. The van der Waals surface area contributed by atoms with Gasteiger partial charge in [0, 0.05) is 12.6 Å². The Labute approximate surface area is 95.7 Å². The molecule has 1 fully saturated rings. The van der Waals surface area contributed by atoms with Crippen molar-refractivity contribution in [3.8, 4) is 0 Å². The quantitative estimate of drug-likeness (QED) is 0.849. The number of aliphatic hydroxyl groups is 1. The first kappa shape index (κ1) is 11.6. The molecule has 88 valence electrons. The van der Waals surface area contributed by atoms with Crippen molar-refractivity contribution in [2.24, 2.45) is 0 Å². The number of rotatable bonds is 3. The number of aliphatic hydroxyl groups excluding tert-OH is 1. The van der Waals surface area contributed by atoms with Crippen molar-refractivity contribution in [3.05, 3.63) is 35.6 Å². The number of hydrogen-bond donors (Lipinski definition) is 1. The summed E-state index contributed by atoms with van der Waals surface area (Å²) in [5.74, 6) is -0.193. The maximum atomic E-state index is 12.8. The molecule has 0 amide bonds. The Kier molecular flexibility index (Phi) is 3.91. The van der Waals surface area contributed by atoms with Gasteiger partial charge < -0.3 is 5.11 Å². The van der Waals surface area contributed by atoms with Crippen LogP contribution in [0, 0.1) is 5.82 Å². The predicted molar refractivity (Wildman–Crippen MR) is 61.5 cm³/mol. The largest absolute Gasteiger partial charge is 0.395 e. The molecule has 2 rings (SSSR count). The first-order valence-electron chi connectivity index (χ1n) is 5.89. The maximum Gasteiger partial charge on any atom is 0.123 e. The van der Waals surface area contributed by atoms with Crippen LogP contribution in [0.4, 0.5) is 4.39 Å². The third-order valence-corrected chi connectivity index (χ3v) is 3.26. The van der Waals surface area contributed by atoms with Crippen LogP contribution in [0.5, 0.6) is 0 Å². The van der Waals surface area contributed by atoms with Crippen molar-refractivity contribution >= 4 is 0 Å². The zero-order chi connectivity index (χ0) is 11.4. The Morgan fingerprint density at radius 2 is 2.00 bits per heavy atom. The second kappa shape index (κ2) is 5.41. The summed E-state index contributed by atoms with van der Waals surface area (Å²) >= 11 is 0. The van der Waals surface area contributed by atoms with E-state index in [2.05, 4.69) is 4.90 Å². The van der Waals surface area contributed by atoms with E-state index in [1.807, 2.05) is 12.1 Å². The Morgan fingerprint density at radius 3 is 2.69 bits per heavy atom. The molecule has 0 bridgehead atoms. The minimum atomic E-state index is -0.193. The van der Waals surface area contributed by atoms with Gasteiger partial charge in [-0.25, -0.2) is 4.39 Å². The summed E-state index contributed by atoms with van der Waals surface area (Å²) in [6.07, 6.45) is 3.46. The predicted octanol–water partition coefficient (Wildman–Crippen LogP) is 2.17. The topological polar surface area (TPSA) is 23.5 Å². The van der Waals surface area contributed by atoms with Crippen molar-refractivity contribution in [3.63, 3.8) is 0 Å². The lowest BCUT2D eigenvalue weighted by Crippen LogP contribution is -2.41. The van der Waals surface area contributed by atoms with Gasteiger partial charge in [-0.3, -0.25) is 4.90 Å². The Bertz CT molecular complexity index is 325. The summed E-state index contributed by atoms with van der Waals surface area (Å²) < 4.78 is 12.8. The van der Waals surface area contributed by atoms with E-state index in [0.717, 1.165) is 25.1 Å². The van der Waals surface area contributed by atoms with Gasteiger partial charge in [0.05, 0.1) is 6.61 Å². The summed E-state index contributed by atoms with van der Waals surface area (Å²) in [5.41, 5.74) is 1.11. The normalized spacial score (nSPS) is 22.2. The molecule has 1 aromatic rings. The summed E-state index contributed by atoms with van der Waals surface area (Å²) in [6, 6.07) is 6.90. The second-order valence-electron chi connectivity index (χ2n) is 4.43. The Balaban J connectivity index is 1.99. The lowest BCUT2D eigenvalue weighted by atomic mass is 10.0. The first-order valence-corrected chi connectivity index (χ1v) is 5.89. The van der Waals surface area contributed by atoms with Crippen LogP contribution in [-0.2, 0) is 6.54 Å². The number of halogens is 1. The van der Waals surface area contributed by atoms with Gasteiger partial charge in [-0.15, -0.1) is 0 Å². The zero-order valence-electron chi connectivity index (χ0n) is 9.40. The summed E-state index contributed by atoms with van der Waals surface area (Å²) in [4.78, 5) is 2.29. The molecule has 1 N–H and O–H groups in total. The molecule has 3 heteroatoms. The van der Waals surface area contributed by atoms with Gasteiger partial charge in [-0.05, 0) is 37.1 Å². The van der Waals surface area contributed by atoms with Crippen LogP contribution in [0.1, 0.15) is 24.8 Å². The van der Waals surface area contributed by atoms with E-state index in [1.165, 1.54) is 25.0 Å². The van der Waals surface area contributed by atoms with Crippen molar-refractivity contribution < 1.29 is 9.50 Å². The highest BCUT2D eigenvalue weighted by atomic mass is 19.1. The van der Waals surface area contributed by atoms with Crippen LogP contribution in [-0.4, -0.2) is 29.2 Å². The fraction of sp³-hybridized carbons (Fsp3) is 0.538. The van der Waals surface area contributed by atoms with Crippen LogP contribution in [0.15, 0.2) is 24.3 Å². The number of benzene rings is 1. The third kappa shape index (κ3) is 2.80. The van der Waals surface area contributed by atoms with Crippen LogP contribution in [0.25, 0.3) is 0 Å². The highest BCUT2D eigenvalue weighted by Crippen LogP contribution is 2.19. The Hall–Kier alpha value is -0.930. The number of likely N-dealkylation sites (tertiary alicyclic amines) is 1.